The van der Waals surface area contributed by atoms with E-state index >= 15 is 0 Å². The summed E-state index contributed by atoms with van der Waals surface area (Å²) in [7, 11) is 0. The Morgan fingerprint density at radius 3 is 2.64 bits per heavy atom. The lowest BCUT2D eigenvalue weighted by molar-refractivity contribution is -0.137. The summed E-state index contributed by atoms with van der Waals surface area (Å²) in [4.78, 5) is 29.2. The van der Waals surface area contributed by atoms with Gasteiger partial charge in [0.2, 0.25) is 5.91 Å². The van der Waals surface area contributed by atoms with E-state index in [2.05, 4.69) is 30.5 Å². The summed E-state index contributed by atoms with van der Waals surface area (Å²) in [5, 5.41) is 15.5. The average molecular weight is 565 g/mol. The van der Waals surface area contributed by atoms with Crippen LogP contribution in [0.1, 0.15) is 61.7 Å². The Morgan fingerprint density at radius 2 is 1.97 bits per heavy atom. The quantitative estimate of drug-likeness (QED) is 0.279. The van der Waals surface area contributed by atoms with Crippen molar-refractivity contribution in [3.8, 4) is 0 Å². The Kier molecular flexibility index (Phi) is 9.73. The number of nitrogens with zero attached hydrogens (tertiary/aromatic N) is 4. The summed E-state index contributed by atoms with van der Waals surface area (Å²) in [5.41, 5.74) is 1.44. The number of nitrogens with one attached hydrogen (secondary N) is 2. The molecule has 0 bridgehead atoms. The maximum atomic E-state index is 13.3. The normalized spacial score (nSPS) is 15.5. The van der Waals surface area contributed by atoms with E-state index in [1.165, 1.54) is 10.9 Å². The van der Waals surface area contributed by atoms with Crippen LogP contribution in [0.3, 0.4) is 0 Å². The first-order valence-corrected chi connectivity index (χ1v) is 14.2. The molecule has 0 saturated carbocycles. The molecule has 1 aliphatic heterocycles. The van der Waals surface area contributed by atoms with Gasteiger partial charge in [-0.05, 0) is 50.3 Å². The van der Waals surface area contributed by atoms with Gasteiger partial charge in [0, 0.05) is 48.1 Å². The van der Waals surface area contributed by atoms with E-state index in [1.807, 2.05) is 25.6 Å². The molecule has 1 amide bonds. The summed E-state index contributed by atoms with van der Waals surface area (Å²) in [6.45, 7) is 5.30. The van der Waals surface area contributed by atoms with Gasteiger partial charge < -0.3 is 15.7 Å². The molecule has 8 nitrogen and oxygen atoms in total. The van der Waals surface area contributed by atoms with Gasteiger partial charge in [-0.3, -0.25) is 14.7 Å². The first-order chi connectivity index (χ1) is 18.6. The number of carbonyl (C=O) groups is 1. The fourth-order valence-corrected chi connectivity index (χ4v) is 5.42. The van der Waals surface area contributed by atoms with Crippen LogP contribution in [0.4, 0.5) is 19.0 Å². The first-order valence-electron chi connectivity index (χ1n) is 13.3. The SMILES string of the molecule is CC(C)c1nc(NCC(=O)NC2CN(C(CCCO)CCCc3cncs3)C2)c2cc(C(F)(F)F)ccc2n1. The Bertz CT molecular complexity index is 1230. The number of aliphatic hydroxyl groups excluding tert-OH is 1. The molecule has 1 saturated heterocycles. The molecule has 1 fully saturated rings. The number of carbonyl (C=O) groups excluding carboxylic acids is 1. The van der Waals surface area contributed by atoms with Crippen LogP contribution in [0.15, 0.2) is 29.9 Å². The fraction of sp³-hybridized carbons (Fsp3) is 0.556. The number of aliphatic hydroxyl groups is 1. The molecule has 1 atom stereocenters. The van der Waals surface area contributed by atoms with Crippen LogP contribution in [0.5, 0.6) is 0 Å². The minimum absolute atomic E-state index is 0.00243. The zero-order valence-corrected chi connectivity index (χ0v) is 23.0. The molecule has 0 aliphatic carbocycles. The Morgan fingerprint density at radius 1 is 1.21 bits per heavy atom. The first kappa shape index (κ1) is 29.2. The summed E-state index contributed by atoms with van der Waals surface area (Å²) in [5.74, 6) is 0.420. The van der Waals surface area contributed by atoms with E-state index in [4.69, 9.17) is 0 Å². The highest BCUT2D eigenvalue weighted by molar-refractivity contribution is 7.09. The van der Waals surface area contributed by atoms with E-state index in [9.17, 15) is 23.1 Å². The second-order valence-corrected chi connectivity index (χ2v) is 11.2. The standard InChI is InChI=1S/C27H35F3N6O2S/c1-17(2)25-34-23-9-8-18(27(28,29)30)11-22(23)26(35-25)32-13-24(38)33-19-14-36(15-19)20(6-4-10-37)5-3-7-21-12-31-16-39-21/h8-9,11-12,16-17,19-20,37H,3-7,10,13-15H2,1-2H3,(H,33,38)(H,32,34,35). The summed E-state index contributed by atoms with van der Waals surface area (Å²) in [6.07, 6.45) is 2.09. The number of aromatic nitrogens is 3. The van der Waals surface area contributed by atoms with Crippen molar-refractivity contribution in [3.05, 3.63) is 46.2 Å². The Labute approximate surface area is 230 Å². The van der Waals surface area contributed by atoms with Crippen LogP contribution in [-0.4, -0.2) is 69.2 Å². The number of rotatable bonds is 13. The van der Waals surface area contributed by atoms with Gasteiger partial charge in [-0.1, -0.05) is 13.8 Å². The van der Waals surface area contributed by atoms with Crippen LogP contribution in [0.25, 0.3) is 10.9 Å². The number of benzene rings is 1. The van der Waals surface area contributed by atoms with Gasteiger partial charge in [-0.15, -0.1) is 11.3 Å². The largest absolute Gasteiger partial charge is 0.416 e. The van der Waals surface area contributed by atoms with Crippen LogP contribution < -0.4 is 10.6 Å². The predicted octanol–water partition coefficient (Wildman–Crippen LogP) is 4.60. The van der Waals surface area contributed by atoms with Crippen LogP contribution >= 0.6 is 11.3 Å². The molecule has 2 aromatic heterocycles. The van der Waals surface area contributed by atoms with Crippen molar-refractivity contribution in [1.29, 1.82) is 0 Å². The number of alkyl halides is 3. The number of likely N-dealkylation sites (tertiary alicyclic amines) is 1. The number of anilines is 1. The highest BCUT2D eigenvalue weighted by Crippen LogP contribution is 2.33. The lowest BCUT2D eigenvalue weighted by Gasteiger charge is -2.45. The number of aryl methyl sites for hydroxylation is 1. The molecule has 39 heavy (non-hydrogen) atoms. The predicted molar refractivity (Wildman–Crippen MR) is 146 cm³/mol. The van der Waals surface area contributed by atoms with Crippen LogP contribution in [-0.2, 0) is 17.4 Å². The van der Waals surface area contributed by atoms with Crippen molar-refractivity contribution in [3.63, 3.8) is 0 Å². The second-order valence-electron chi connectivity index (χ2n) is 10.3. The van der Waals surface area contributed by atoms with E-state index in [-0.39, 0.29) is 42.2 Å². The molecule has 1 aliphatic rings. The van der Waals surface area contributed by atoms with E-state index in [0.29, 0.717) is 17.4 Å². The van der Waals surface area contributed by atoms with Gasteiger partial charge in [0.15, 0.2) is 0 Å². The van der Waals surface area contributed by atoms with Gasteiger partial charge in [0.05, 0.1) is 29.2 Å². The third-order valence-corrected chi connectivity index (χ3v) is 7.74. The van der Waals surface area contributed by atoms with E-state index in [0.717, 1.165) is 57.3 Å². The number of hydrogen-bond acceptors (Lipinski definition) is 8. The van der Waals surface area contributed by atoms with Crippen molar-refractivity contribution in [2.75, 3.05) is 31.6 Å². The maximum absolute atomic E-state index is 13.3. The van der Waals surface area contributed by atoms with Gasteiger partial charge >= 0.3 is 6.18 Å². The molecule has 1 unspecified atom stereocenters. The second kappa shape index (κ2) is 13.0. The van der Waals surface area contributed by atoms with Crippen molar-refractivity contribution in [2.45, 2.75) is 70.1 Å². The lowest BCUT2D eigenvalue weighted by Crippen LogP contribution is -2.62. The number of amides is 1. The maximum Gasteiger partial charge on any atom is 0.416 e. The monoisotopic (exact) mass is 564 g/mol. The lowest BCUT2D eigenvalue weighted by atomic mass is 9.97. The fourth-order valence-electron chi connectivity index (χ4n) is 4.77. The number of thiazole rings is 1. The summed E-state index contributed by atoms with van der Waals surface area (Å²) < 4.78 is 39.9. The van der Waals surface area contributed by atoms with Crippen LogP contribution in [0, 0.1) is 0 Å². The van der Waals surface area contributed by atoms with E-state index < -0.39 is 11.7 Å². The van der Waals surface area contributed by atoms with Gasteiger partial charge in [-0.2, -0.15) is 13.2 Å². The van der Waals surface area contributed by atoms with Gasteiger partial charge in [0.25, 0.3) is 0 Å². The molecule has 0 radical (unpaired) electrons. The third kappa shape index (κ3) is 7.86. The molecule has 212 valence electrons. The molecular weight excluding hydrogens is 529 g/mol. The number of fused-ring (bicyclic) bond motifs is 1. The molecule has 4 rings (SSSR count). The number of halogens is 3. The minimum Gasteiger partial charge on any atom is -0.396 e. The van der Waals surface area contributed by atoms with Gasteiger partial charge in [0.1, 0.15) is 11.6 Å². The molecule has 1 aromatic carbocycles. The molecule has 3 heterocycles. The summed E-state index contributed by atoms with van der Waals surface area (Å²) in [6, 6.07) is 3.71. The molecule has 3 aromatic rings. The highest BCUT2D eigenvalue weighted by atomic mass is 32.1. The Hall–Kier alpha value is -2.83. The van der Waals surface area contributed by atoms with Crippen molar-refractivity contribution >= 4 is 34.0 Å². The van der Waals surface area contributed by atoms with Crippen molar-refractivity contribution in [1.82, 2.24) is 25.2 Å². The molecular formula is C27H35F3N6O2S. The van der Waals surface area contributed by atoms with E-state index in [1.54, 1.807) is 11.3 Å². The topological polar surface area (TPSA) is 103 Å². The third-order valence-electron chi connectivity index (χ3n) is 6.90. The number of hydrogen-bond donors (Lipinski definition) is 3. The molecule has 0 spiro atoms. The summed E-state index contributed by atoms with van der Waals surface area (Å²) >= 11 is 1.66. The zero-order valence-electron chi connectivity index (χ0n) is 22.2. The molecule has 12 heteroatoms. The smallest absolute Gasteiger partial charge is 0.396 e. The highest BCUT2D eigenvalue weighted by Gasteiger charge is 2.33. The zero-order chi connectivity index (χ0) is 28.0. The average Bonchev–Trinajstić information content (AvgIpc) is 3.39. The van der Waals surface area contributed by atoms with Crippen LogP contribution in [0.2, 0.25) is 0 Å². The molecule has 3 N–H and O–H groups in total. The van der Waals surface area contributed by atoms with Gasteiger partial charge in [-0.25, -0.2) is 9.97 Å². The van der Waals surface area contributed by atoms with Crippen molar-refractivity contribution in [2.24, 2.45) is 0 Å². The van der Waals surface area contributed by atoms with Crippen molar-refractivity contribution < 1.29 is 23.1 Å². The minimum atomic E-state index is -4.49. The Balaban J connectivity index is 1.32.